The van der Waals surface area contributed by atoms with E-state index in [0.717, 1.165) is 54.6 Å². The van der Waals surface area contributed by atoms with Crippen molar-refractivity contribution in [1.82, 2.24) is 0 Å². The smallest absolute Gasteiger partial charge is 0.210 e. The molecule has 0 fully saturated rings. The van der Waals surface area contributed by atoms with E-state index in [1.807, 2.05) is 0 Å². The van der Waals surface area contributed by atoms with Crippen LogP contribution in [0.2, 0.25) is 0 Å². The maximum absolute atomic E-state index is 11.4. The van der Waals surface area contributed by atoms with Gasteiger partial charge < -0.3 is 5.53 Å². The molecule has 2 heteroatoms. The summed E-state index contributed by atoms with van der Waals surface area (Å²) in [6.07, 6.45) is 23.7. The second-order valence-electron chi connectivity index (χ2n) is 11.2. The molecule has 0 unspecified atom stereocenters. The van der Waals surface area contributed by atoms with Crippen LogP contribution < -0.4 is 0 Å². The molecule has 38 heavy (non-hydrogen) atoms. The molecule has 0 N–H and O–H groups in total. The van der Waals surface area contributed by atoms with Gasteiger partial charge in [0.15, 0.2) is 0 Å². The number of rotatable bonds is 19. The molecular weight excluding hydrogens is 460 g/mol. The van der Waals surface area contributed by atoms with Crippen LogP contribution in [0.15, 0.2) is 60.2 Å². The first-order valence-electron chi connectivity index (χ1n) is 15.8. The zero-order valence-electron chi connectivity index (χ0n) is 24.6. The van der Waals surface area contributed by atoms with Crippen LogP contribution in [0.5, 0.6) is 0 Å². The van der Waals surface area contributed by atoms with Gasteiger partial charge in [0.05, 0.1) is 0 Å². The van der Waals surface area contributed by atoms with Crippen LogP contribution in [0.1, 0.15) is 139 Å². The van der Waals surface area contributed by atoms with E-state index in [-0.39, 0.29) is 0 Å². The summed E-state index contributed by atoms with van der Waals surface area (Å²) in [6.45, 7) is 6.78. The highest BCUT2D eigenvalue weighted by atomic mass is 15.2. The van der Waals surface area contributed by atoms with E-state index in [4.69, 9.17) is 0 Å². The van der Waals surface area contributed by atoms with Gasteiger partial charge in [-0.2, -0.15) is 0 Å². The molecule has 0 saturated carbocycles. The largest absolute Gasteiger partial charge is 0.493 e. The van der Waals surface area contributed by atoms with E-state index < -0.39 is 0 Å². The van der Waals surface area contributed by atoms with Crippen molar-refractivity contribution >= 4 is 11.4 Å². The Labute approximate surface area is 233 Å². The highest BCUT2D eigenvalue weighted by Crippen LogP contribution is 2.37. The van der Waals surface area contributed by atoms with Crippen molar-refractivity contribution in [2.24, 2.45) is 0 Å². The maximum atomic E-state index is 11.4. The number of benzene rings is 2. The Bertz CT molecular complexity index is 1020. The van der Waals surface area contributed by atoms with Crippen LogP contribution in [0.3, 0.4) is 0 Å². The van der Waals surface area contributed by atoms with Gasteiger partial charge in [0.2, 0.25) is 11.4 Å². The summed E-state index contributed by atoms with van der Waals surface area (Å²) in [5.74, 6) is 0. The molecule has 0 atom stereocenters. The lowest BCUT2D eigenvalue weighted by Gasteiger charge is -2.11. The van der Waals surface area contributed by atoms with Crippen LogP contribution in [-0.2, 0) is 12.8 Å². The fourth-order valence-corrected chi connectivity index (χ4v) is 5.51. The lowest BCUT2D eigenvalue weighted by molar-refractivity contribution is -0.344. The Kier molecular flexibility index (Phi) is 13.6. The Morgan fingerprint density at radius 1 is 0.500 bits per heavy atom. The van der Waals surface area contributed by atoms with E-state index in [0.29, 0.717) is 0 Å². The average molecular weight is 513 g/mol. The zero-order valence-corrected chi connectivity index (χ0v) is 24.6. The number of hydrogen-bond donors (Lipinski definition) is 0. The standard InChI is InChI=1S/C36H52N2/c1-4-7-10-12-14-16-18-30-21-25-32(26-22-30)35-29-34(20-9-6-3)36(38(35)37)33-27-23-31(24-28-33)19-17-15-13-11-8-5-2/h21-29H,4-20H2,1-3H3. The van der Waals surface area contributed by atoms with Crippen LogP contribution in [0.25, 0.3) is 16.9 Å². The molecule has 0 aliphatic carbocycles. The summed E-state index contributed by atoms with van der Waals surface area (Å²) in [5, 5.41) is 0. The molecule has 0 amide bonds. The summed E-state index contributed by atoms with van der Waals surface area (Å²) >= 11 is 0. The zero-order chi connectivity index (χ0) is 27.0. The van der Waals surface area contributed by atoms with Gasteiger partial charge in [0.25, 0.3) is 0 Å². The van der Waals surface area contributed by atoms with E-state index in [9.17, 15) is 5.53 Å². The molecule has 1 aliphatic heterocycles. The Balaban J connectivity index is 1.61. The molecule has 206 valence electrons. The first kappa shape index (κ1) is 30.1. The minimum Gasteiger partial charge on any atom is -0.493 e. The van der Waals surface area contributed by atoms with E-state index >= 15 is 0 Å². The molecule has 0 radical (unpaired) electrons. The normalized spacial score (nSPS) is 13.4. The minimum atomic E-state index is 0.897. The molecule has 1 heterocycles. The highest BCUT2D eigenvalue weighted by molar-refractivity contribution is 5.78. The van der Waals surface area contributed by atoms with Gasteiger partial charge in [-0.3, -0.25) is 0 Å². The molecule has 1 aliphatic rings. The third-order valence-electron chi connectivity index (χ3n) is 7.97. The van der Waals surface area contributed by atoms with Crippen LogP contribution in [0, 0.1) is 0 Å². The lowest BCUT2D eigenvalue weighted by atomic mass is 10.00. The van der Waals surface area contributed by atoms with Crippen molar-refractivity contribution in [1.29, 1.82) is 0 Å². The van der Waals surface area contributed by atoms with Crippen molar-refractivity contribution < 1.29 is 4.70 Å². The van der Waals surface area contributed by atoms with Gasteiger partial charge in [0.1, 0.15) is 0 Å². The predicted octanol–water partition coefficient (Wildman–Crippen LogP) is 11.5. The van der Waals surface area contributed by atoms with E-state index in [1.54, 1.807) is 0 Å². The maximum Gasteiger partial charge on any atom is 0.210 e. The Morgan fingerprint density at radius 2 is 0.947 bits per heavy atom. The van der Waals surface area contributed by atoms with Crippen molar-refractivity contribution in [2.45, 2.75) is 130 Å². The summed E-state index contributed by atoms with van der Waals surface area (Å²) in [7, 11) is 0. The lowest BCUT2D eigenvalue weighted by Crippen LogP contribution is -2.02. The fraction of sp³-hybridized carbons (Fsp3) is 0.556. The second-order valence-corrected chi connectivity index (χ2v) is 11.2. The van der Waals surface area contributed by atoms with Crippen molar-refractivity contribution in [3.63, 3.8) is 0 Å². The third kappa shape index (κ3) is 9.37. The molecule has 0 aromatic heterocycles. The minimum absolute atomic E-state index is 0.897. The Morgan fingerprint density at radius 3 is 1.45 bits per heavy atom. The quantitative estimate of drug-likeness (QED) is 0.132. The first-order valence-corrected chi connectivity index (χ1v) is 15.8. The molecule has 0 saturated heterocycles. The van der Waals surface area contributed by atoms with Gasteiger partial charge in [-0.05, 0) is 73.9 Å². The monoisotopic (exact) mass is 512 g/mol. The number of aryl methyl sites for hydroxylation is 2. The van der Waals surface area contributed by atoms with E-state index in [2.05, 4.69) is 75.4 Å². The summed E-state index contributed by atoms with van der Waals surface area (Å²) < 4.78 is 1.44. The molecule has 2 aromatic rings. The third-order valence-corrected chi connectivity index (χ3v) is 7.97. The summed E-state index contributed by atoms with van der Waals surface area (Å²) in [6, 6.07) is 17.8. The predicted molar refractivity (Wildman–Crippen MR) is 165 cm³/mol. The topological polar surface area (TPSA) is 25.3 Å². The first-order chi connectivity index (χ1) is 18.7. The summed E-state index contributed by atoms with van der Waals surface area (Å²) in [5.41, 5.74) is 19.4. The molecule has 2 nitrogen and oxygen atoms in total. The molecule has 0 spiro atoms. The van der Waals surface area contributed by atoms with Gasteiger partial charge in [-0.15, -0.1) is 0 Å². The Hall–Kier alpha value is -2.48. The van der Waals surface area contributed by atoms with Crippen LogP contribution in [-0.4, -0.2) is 4.70 Å². The van der Waals surface area contributed by atoms with Crippen LogP contribution >= 0.6 is 0 Å². The van der Waals surface area contributed by atoms with E-state index in [1.165, 1.54) is 98.4 Å². The number of hydrogen-bond acceptors (Lipinski definition) is 0. The highest BCUT2D eigenvalue weighted by Gasteiger charge is 2.28. The number of allylic oxidation sites excluding steroid dienone is 2. The summed E-state index contributed by atoms with van der Waals surface area (Å²) in [4.78, 5) is 0. The fourth-order valence-electron chi connectivity index (χ4n) is 5.51. The molecule has 0 bridgehead atoms. The van der Waals surface area contributed by atoms with Gasteiger partial charge in [-0.25, -0.2) is 4.70 Å². The van der Waals surface area contributed by atoms with Crippen LogP contribution in [0.4, 0.5) is 0 Å². The molecule has 2 aromatic carbocycles. The molecule has 3 rings (SSSR count). The van der Waals surface area contributed by atoms with Crippen molar-refractivity contribution in [3.05, 3.63) is 88.0 Å². The van der Waals surface area contributed by atoms with Crippen molar-refractivity contribution in [2.75, 3.05) is 0 Å². The second kappa shape index (κ2) is 17.2. The molecular formula is C36H52N2. The van der Waals surface area contributed by atoms with Crippen molar-refractivity contribution in [3.8, 4) is 0 Å². The average Bonchev–Trinajstić information content (AvgIpc) is 3.27. The SMILES string of the molecule is CCCCCCCCc1ccc(C2=CC(CCCC)=C(c3ccc(CCCCCCCC)cc3)[N+]2=[N-])cc1. The number of unbranched alkanes of at least 4 members (excludes halogenated alkanes) is 11. The number of nitrogens with zero attached hydrogens (tertiary/aromatic N) is 2. The van der Waals surface area contributed by atoms with Gasteiger partial charge >= 0.3 is 0 Å². The van der Waals surface area contributed by atoms with Gasteiger partial charge in [-0.1, -0.05) is 116 Å². The van der Waals surface area contributed by atoms with Gasteiger partial charge in [0, 0.05) is 22.8 Å².